The lowest BCUT2D eigenvalue weighted by atomic mass is 9.99. The molecule has 0 bridgehead atoms. The van der Waals surface area contributed by atoms with E-state index in [4.69, 9.17) is 10.5 Å². The van der Waals surface area contributed by atoms with Gasteiger partial charge in [-0.25, -0.2) is 0 Å². The van der Waals surface area contributed by atoms with Crippen molar-refractivity contribution in [1.29, 1.82) is 0 Å². The standard InChI is InChI=1S/C17H27NO3/c1-5-15(18)11-14-9-12(2)17(13(3)10-14)21-8-6-7-16(19)20-4/h9-10,15H,5-8,11,18H2,1-4H3. The third kappa shape index (κ3) is 5.76. The molecule has 21 heavy (non-hydrogen) atoms. The minimum absolute atomic E-state index is 0.198. The fourth-order valence-corrected chi connectivity index (χ4v) is 2.33. The van der Waals surface area contributed by atoms with Crippen LogP contribution in [-0.2, 0) is 16.0 Å². The second kappa shape index (κ2) is 8.67. The Morgan fingerprint density at radius 3 is 2.43 bits per heavy atom. The summed E-state index contributed by atoms with van der Waals surface area (Å²) in [6.07, 6.45) is 2.91. The molecule has 2 N–H and O–H groups in total. The number of nitrogens with two attached hydrogens (primary N) is 1. The van der Waals surface area contributed by atoms with Crippen molar-refractivity contribution in [2.45, 2.75) is 52.5 Å². The smallest absolute Gasteiger partial charge is 0.305 e. The Bertz CT molecular complexity index is 448. The summed E-state index contributed by atoms with van der Waals surface area (Å²) >= 11 is 0. The van der Waals surface area contributed by atoms with Crippen LogP contribution in [0.2, 0.25) is 0 Å². The van der Waals surface area contributed by atoms with Crippen LogP contribution < -0.4 is 10.5 Å². The van der Waals surface area contributed by atoms with Crippen molar-refractivity contribution in [1.82, 2.24) is 0 Å². The van der Waals surface area contributed by atoms with E-state index in [1.54, 1.807) is 0 Å². The molecule has 1 unspecified atom stereocenters. The molecule has 0 fully saturated rings. The average molecular weight is 293 g/mol. The summed E-state index contributed by atoms with van der Waals surface area (Å²) in [5.41, 5.74) is 9.49. The molecule has 0 saturated carbocycles. The van der Waals surface area contributed by atoms with Crippen molar-refractivity contribution in [3.63, 3.8) is 0 Å². The van der Waals surface area contributed by atoms with Crippen LogP contribution in [0.3, 0.4) is 0 Å². The van der Waals surface area contributed by atoms with Crippen molar-refractivity contribution in [2.24, 2.45) is 5.73 Å². The molecule has 0 heterocycles. The lowest BCUT2D eigenvalue weighted by Gasteiger charge is -2.15. The molecule has 1 aromatic carbocycles. The van der Waals surface area contributed by atoms with Gasteiger partial charge in [0.2, 0.25) is 0 Å². The largest absolute Gasteiger partial charge is 0.493 e. The van der Waals surface area contributed by atoms with Gasteiger partial charge in [0.15, 0.2) is 0 Å². The van der Waals surface area contributed by atoms with Crippen LogP contribution in [-0.4, -0.2) is 25.7 Å². The summed E-state index contributed by atoms with van der Waals surface area (Å²) in [4.78, 5) is 11.0. The molecule has 0 aromatic heterocycles. The summed E-state index contributed by atoms with van der Waals surface area (Å²) < 4.78 is 10.4. The molecule has 1 rings (SSSR count). The van der Waals surface area contributed by atoms with E-state index >= 15 is 0 Å². The van der Waals surface area contributed by atoms with Crippen LogP contribution in [0, 0.1) is 13.8 Å². The van der Waals surface area contributed by atoms with Gasteiger partial charge < -0.3 is 15.2 Å². The maximum absolute atomic E-state index is 11.0. The number of esters is 1. The molecular formula is C17H27NO3. The first kappa shape index (κ1) is 17.5. The van der Waals surface area contributed by atoms with Gasteiger partial charge in [-0.15, -0.1) is 0 Å². The Morgan fingerprint density at radius 2 is 1.90 bits per heavy atom. The third-order valence-electron chi connectivity index (χ3n) is 3.54. The summed E-state index contributed by atoms with van der Waals surface area (Å²) in [7, 11) is 1.40. The van der Waals surface area contributed by atoms with Crippen LogP contribution >= 0.6 is 0 Å². The monoisotopic (exact) mass is 293 g/mol. The third-order valence-corrected chi connectivity index (χ3v) is 3.54. The van der Waals surface area contributed by atoms with Gasteiger partial charge in [-0.1, -0.05) is 19.1 Å². The van der Waals surface area contributed by atoms with Crippen molar-refractivity contribution in [3.8, 4) is 5.75 Å². The van der Waals surface area contributed by atoms with Gasteiger partial charge >= 0.3 is 5.97 Å². The summed E-state index contributed by atoms with van der Waals surface area (Å²) in [6, 6.07) is 4.48. The Balaban J connectivity index is 2.61. The first-order valence-electron chi connectivity index (χ1n) is 7.53. The minimum Gasteiger partial charge on any atom is -0.493 e. The predicted octanol–water partition coefficient (Wildman–Crippen LogP) is 2.92. The normalized spacial score (nSPS) is 12.0. The topological polar surface area (TPSA) is 61.5 Å². The number of rotatable bonds is 8. The fourth-order valence-electron chi connectivity index (χ4n) is 2.33. The van der Waals surface area contributed by atoms with Crippen LogP contribution in [0.5, 0.6) is 5.75 Å². The van der Waals surface area contributed by atoms with Gasteiger partial charge in [0.05, 0.1) is 13.7 Å². The molecule has 0 aliphatic carbocycles. The zero-order valence-corrected chi connectivity index (χ0v) is 13.6. The molecule has 0 aliphatic rings. The number of methoxy groups -OCH3 is 1. The molecule has 4 nitrogen and oxygen atoms in total. The molecule has 118 valence electrons. The summed E-state index contributed by atoms with van der Waals surface area (Å²) in [6.45, 7) is 6.71. The van der Waals surface area contributed by atoms with Gasteiger partial charge in [0.25, 0.3) is 0 Å². The van der Waals surface area contributed by atoms with E-state index in [1.165, 1.54) is 12.7 Å². The molecule has 4 heteroatoms. The van der Waals surface area contributed by atoms with Crippen molar-refractivity contribution < 1.29 is 14.3 Å². The molecular weight excluding hydrogens is 266 g/mol. The van der Waals surface area contributed by atoms with Crippen LogP contribution in [0.15, 0.2) is 12.1 Å². The molecule has 0 radical (unpaired) electrons. The summed E-state index contributed by atoms with van der Waals surface area (Å²) in [5.74, 6) is 0.713. The predicted molar refractivity (Wildman–Crippen MR) is 84.6 cm³/mol. The van der Waals surface area contributed by atoms with Gasteiger partial charge in [0.1, 0.15) is 5.75 Å². The molecule has 0 amide bonds. The molecule has 1 aromatic rings. The van der Waals surface area contributed by atoms with Crippen molar-refractivity contribution in [2.75, 3.05) is 13.7 Å². The molecule has 0 aliphatic heterocycles. The van der Waals surface area contributed by atoms with E-state index < -0.39 is 0 Å². The highest BCUT2D eigenvalue weighted by molar-refractivity contribution is 5.69. The lowest BCUT2D eigenvalue weighted by Crippen LogP contribution is -2.21. The highest BCUT2D eigenvalue weighted by Crippen LogP contribution is 2.25. The van der Waals surface area contributed by atoms with E-state index in [9.17, 15) is 4.79 Å². The Kier molecular flexibility index (Phi) is 7.23. The van der Waals surface area contributed by atoms with E-state index in [0.717, 1.165) is 29.7 Å². The van der Waals surface area contributed by atoms with E-state index in [0.29, 0.717) is 19.4 Å². The average Bonchev–Trinajstić information content (AvgIpc) is 2.45. The number of hydrogen-bond acceptors (Lipinski definition) is 4. The van der Waals surface area contributed by atoms with Gasteiger partial charge in [0, 0.05) is 12.5 Å². The number of aryl methyl sites for hydroxylation is 2. The summed E-state index contributed by atoms with van der Waals surface area (Å²) in [5, 5.41) is 0. The maximum atomic E-state index is 11.0. The van der Waals surface area contributed by atoms with E-state index in [-0.39, 0.29) is 12.0 Å². The van der Waals surface area contributed by atoms with Gasteiger partial charge in [-0.2, -0.15) is 0 Å². The minimum atomic E-state index is -0.198. The zero-order chi connectivity index (χ0) is 15.8. The second-order valence-corrected chi connectivity index (χ2v) is 5.46. The first-order chi connectivity index (χ1) is 9.97. The molecule has 0 spiro atoms. The van der Waals surface area contributed by atoms with E-state index in [1.807, 2.05) is 13.8 Å². The van der Waals surface area contributed by atoms with Crippen molar-refractivity contribution >= 4 is 5.97 Å². The van der Waals surface area contributed by atoms with Crippen LogP contribution in [0.4, 0.5) is 0 Å². The van der Waals surface area contributed by atoms with Crippen LogP contribution in [0.25, 0.3) is 0 Å². The zero-order valence-electron chi connectivity index (χ0n) is 13.6. The van der Waals surface area contributed by atoms with Crippen molar-refractivity contribution in [3.05, 3.63) is 28.8 Å². The highest BCUT2D eigenvalue weighted by atomic mass is 16.5. The lowest BCUT2D eigenvalue weighted by molar-refractivity contribution is -0.140. The molecule has 0 saturated heterocycles. The fraction of sp³-hybridized carbons (Fsp3) is 0.588. The molecule has 1 atom stereocenters. The Labute approximate surface area is 127 Å². The Morgan fingerprint density at radius 1 is 1.29 bits per heavy atom. The number of carbonyl (C=O) groups is 1. The van der Waals surface area contributed by atoms with Crippen LogP contribution in [0.1, 0.15) is 42.9 Å². The Hall–Kier alpha value is -1.55. The maximum Gasteiger partial charge on any atom is 0.305 e. The first-order valence-corrected chi connectivity index (χ1v) is 7.53. The number of ether oxygens (including phenoxy) is 2. The number of hydrogen-bond donors (Lipinski definition) is 1. The SMILES string of the molecule is CCC(N)Cc1cc(C)c(OCCCC(=O)OC)c(C)c1. The number of carbonyl (C=O) groups excluding carboxylic acids is 1. The number of benzene rings is 1. The van der Waals surface area contributed by atoms with E-state index in [2.05, 4.69) is 23.8 Å². The van der Waals surface area contributed by atoms with Gasteiger partial charge in [-0.3, -0.25) is 4.79 Å². The quantitative estimate of drug-likeness (QED) is 0.591. The second-order valence-electron chi connectivity index (χ2n) is 5.46. The highest BCUT2D eigenvalue weighted by Gasteiger charge is 2.09. The van der Waals surface area contributed by atoms with Gasteiger partial charge in [-0.05, 0) is 49.8 Å².